The van der Waals surface area contributed by atoms with E-state index in [9.17, 15) is 18.0 Å². The molecule has 0 aliphatic carbocycles. The quantitative estimate of drug-likeness (QED) is 0.616. The van der Waals surface area contributed by atoms with Gasteiger partial charge in [-0.1, -0.05) is 25.1 Å². The molecule has 9 nitrogen and oxygen atoms in total. The first-order valence-electron chi connectivity index (χ1n) is 8.49. The molecule has 0 bridgehead atoms. The number of nitrogens with one attached hydrogen (secondary N) is 2. The molecule has 2 amide bonds. The third-order valence-electron chi connectivity index (χ3n) is 3.76. The molecule has 0 aliphatic heterocycles. The summed E-state index contributed by atoms with van der Waals surface area (Å²) in [5.41, 5.74) is 5.31. The fourth-order valence-electron chi connectivity index (χ4n) is 2.26. The zero-order valence-electron chi connectivity index (χ0n) is 15.6. The van der Waals surface area contributed by atoms with Crippen molar-refractivity contribution in [3.8, 4) is 5.75 Å². The van der Waals surface area contributed by atoms with Crippen molar-refractivity contribution in [2.75, 3.05) is 20.2 Å². The Morgan fingerprint density at radius 1 is 1.11 bits per heavy atom. The van der Waals surface area contributed by atoms with Gasteiger partial charge in [0.15, 0.2) is 6.61 Å². The van der Waals surface area contributed by atoms with Gasteiger partial charge < -0.3 is 4.74 Å². The van der Waals surface area contributed by atoms with E-state index in [2.05, 4.69) is 15.8 Å². The topological polar surface area (TPSA) is 118 Å². The normalized spacial score (nSPS) is 11.1. The van der Waals surface area contributed by atoms with Gasteiger partial charge in [-0.2, -0.15) is 4.31 Å². The average molecular weight is 406 g/mol. The Bertz CT molecular complexity index is 919. The third-order valence-corrected chi connectivity index (χ3v) is 5.55. The van der Waals surface area contributed by atoms with E-state index in [1.165, 1.54) is 31.6 Å². The van der Waals surface area contributed by atoms with Crippen LogP contribution in [0.15, 0.2) is 53.7 Å². The molecule has 0 radical (unpaired) electrons. The highest BCUT2D eigenvalue weighted by Crippen LogP contribution is 2.17. The van der Waals surface area contributed by atoms with Crippen LogP contribution in [0.2, 0.25) is 0 Å². The first-order chi connectivity index (χ1) is 13.3. The number of sulfonamides is 1. The molecule has 0 spiro atoms. The smallest absolute Gasteiger partial charge is 0.276 e. The van der Waals surface area contributed by atoms with Crippen molar-refractivity contribution < 1.29 is 22.7 Å². The van der Waals surface area contributed by atoms with Crippen LogP contribution < -0.4 is 15.6 Å². The second-order valence-electron chi connectivity index (χ2n) is 5.80. The summed E-state index contributed by atoms with van der Waals surface area (Å²) in [4.78, 5) is 27.5. The van der Waals surface area contributed by atoms with Crippen molar-refractivity contribution >= 4 is 21.8 Å². The Balaban J connectivity index is 1.81. The van der Waals surface area contributed by atoms with Crippen LogP contribution in [0.25, 0.3) is 0 Å². The van der Waals surface area contributed by atoms with E-state index < -0.39 is 28.4 Å². The molecule has 10 heteroatoms. The highest BCUT2D eigenvalue weighted by atomic mass is 32.2. The fraction of sp³-hybridized carbons (Fsp3) is 0.278. The number of likely N-dealkylation sites (N-methyl/N-ethyl adjacent to an activating group) is 1. The van der Waals surface area contributed by atoms with Gasteiger partial charge in [-0.25, -0.2) is 8.42 Å². The lowest BCUT2D eigenvalue weighted by Crippen LogP contribution is -2.48. The molecule has 0 aliphatic rings. The lowest BCUT2D eigenvalue weighted by Gasteiger charge is -2.17. The number of benzene rings is 1. The molecular formula is C18H22N4O5S. The van der Waals surface area contributed by atoms with E-state index in [4.69, 9.17) is 4.74 Å². The van der Waals surface area contributed by atoms with Crippen LogP contribution in [0.4, 0.5) is 0 Å². The number of aromatic nitrogens is 1. The number of amides is 2. The van der Waals surface area contributed by atoms with Gasteiger partial charge in [-0.05, 0) is 30.2 Å². The SMILES string of the molecule is CCc1ccccc1OCC(=O)NNC(=O)CN(C)S(=O)(=O)c1cccnc1. The number of hydrazine groups is 1. The van der Waals surface area contributed by atoms with Crippen molar-refractivity contribution in [3.05, 3.63) is 54.4 Å². The summed E-state index contributed by atoms with van der Waals surface area (Å²) in [5, 5.41) is 0. The maximum absolute atomic E-state index is 12.3. The number of nitrogens with zero attached hydrogens (tertiary/aromatic N) is 2. The molecule has 0 unspecified atom stereocenters. The number of hydrogen-bond donors (Lipinski definition) is 2. The van der Waals surface area contributed by atoms with E-state index in [-0.39, 0.29) is 11.5 Å². The lowest BCUT2D eigenvalue weighted by atomic mass is 10.1. The molecule has 0 saturated heterocycles. The molecule has 0 fully saturated rings. The molecule has 150 valence electrons. The first-order valence-corrected chi connectivity index (χ1v) is 9.93. The van der Waals surface area contributed by atoms with Crippen LogP contribution >= 0.6 is 0 Å². The molecule has 1 aromatic carbocycles. The number of carbonyl (C=O) groups is 2. The molecular weight excluding hydrogens is 384 g/mol. The standard InChI is InChI=1S/C18H22N4O5S/c1-3-14-7-4-5-9-16(14)27-13-18(24)21-20-17(23)12-22(2)28(25,26)15-8-6-10-19-11-15/h4-11H,3,12-13H2,1-2H3,(H,20,23)(H,21,24). The maximum atomic E-state index is 12.3. The molecule has 0 saturated carbocycles. The number of ether oxygens (including phenoxy) is 1. The predicted molar refractivity (Wildman–Crippen MR) is 102 cm³/mol. The van der Waals surface area contributed by atoms with Crippen molar-refractivity contribution in [3.63, 3.8) is 0 Å². The van der Waals surface area contributed by atoms with Crippen LogP contribution in [0.1, 0.15) is 12.5 Å². The summed E-state index contributed by atoms with van der Waals surface area (Å²) in [6.45, 7) is 1.21. The van der Waals surface area contributed by atoms with E-state index in [0.29, 0.717) is 5.75 Å². The summed E-state index contributed by atoms with van der Waals surface area (Å²) in [6.07, 6.45) is 3.39. The minimum atomic E-state index is -3.85. The second-order valence-corrected chi connectivity index (χ2v) is 7.84. The molecule has 2 N–H and O–H groups in total. The summed E-state index contributed by atoms with van der Waals surface area (Å²) in [5.74, 6) is -0.678. The average Bonchev–Trinajstić information content (AvgIpc) is 2.71. The van der Waals surface area contributed by atoms with Gasteiger partial charge in [-0.15, -0.1) is 0 Å². The molecule has 2 aromatic rings. The minimum absolute atomic E-state index is 0.0303. The molecule has 28 heavy (non-hydrogen) atoms. The molecule has 0 atom stereocenters. The molecule has 1 heterocycles. The Kier molecular flexibility index (Phi) is 7.47. The van der Waals surface area contributed by atoms with Crippen molar-refractivity contribution in [1.82, 2.24) is 20.1 Å². The van der Waals surface area contributed by atoms with Crippen LogP contribution in [0.3, 0.4) is 0 Å². The lowest BCUT2D eigenvalue weighted by molar-refractivity contribution is -0.130. The van der Waals surface area contributed by atoms with Crippen LogP contribution in [0, 0.1) is 0 Å². The van der Waals surface area contributed by atoms with Gasteiger partial charge >= 0.3 is 0 Å². The maximum Gasteiger partial charge on any atom is 0.276 e. The predicted octanol–water partition coefficient (Wildman–Crippen LogP) is 0.491. The summed E-state index contributed by atoms with van der Waals surface area (Å²) in [7, 11) is -2.60. The fourth-order valence-corrected chi connectivity index (χ4v) is 3.35. The second kappa shape index (κ2) is 9.81. The monoisotopic (exact) mass is 406 g/mol. The van der Waals surface area contributed by atoms with Gasteiger partial charge in [0.1, 0.15) is 10.6 Å². The van der Waals surface area contributed by atoms with Gasteiger partial charge in [0.2, 0.25) is 10.0 Å². The van der Waals surface area contributed by atoms with Gasteiger partial charge in [0, 0.05) is 19.4 Å². The van der Waals surface area contributed by atoms with Crippen molar-refractivity contribution in [2.45, 2.75) is 18.2 Å². The Morgan fingerprint density at radius 3 is 2.50 bits per heavy atom. The highest BCUT2D eigenvalue weighted by Gasteiger charge is 2.23. The first kappa shape index (κ1) is 21.3. The third kappa shape index (κ3) is 5.76. The summed E-state index contributed by atoms with van der Waals surface area (Å²) >= 11 is 0. The van der Waals surface area contributed by atoms with Crippen LogP contribution in [-0.4, -0.2) is 49.7 Å². The Morgan fingerprint density at radius 2 is 1.82 bits per heavy atom. The summed E-state index contributed by atoms with van der Waals surface area (Å²) < 4.78 is 30.9. The largest absolute Gasteiger partial charge is 0.483 e. The number of carbonyl (C=O) groups excluding carboxylic acids is 2. The summed E-state index contributed by atoms with van der Waals surface area (Å²) in [6, 6.07) is 10.2. The zero-order valence-corrected chi connectivity index (χ0v) is 16.4. The van der Waals surface area contributed by atoms with E-state index >= 15 is 0 Å². The van der Waals surface area contributed by atoms with Gasteiger partial charge in [0.05, 0.1) is 6.54 Å². The Hall–Kier alpha value is -2.98. The number of rotatable bonds is 8. The van der Waals surface area contributed by atoms with E-state index in [1.807, 2.05) is 19.1 Å². The van der Waals surface area contributed by atoms with Crippen molar-refractivity contribution in [1.29, 1.82) is 0 Å². The van der Waals surface area contributed by atoms with E-state index in [1.54, 1.807) is 12.1 Å². The number of hydrogen-bond acceptors (Lipinski definition) is 6. The molecule has 2 rings (SSSR count). The number of aryl methyl sites for hydroxylation is 1. The highest BCUT2D eigenvalue weighted by molar-refractivity contribution is 7.89. The zero-order chi connectivity index (χ0) is 20.6. The number of para-hydroxylation sites is 1. The Labute approximate surface area is 163 Å². The van der Waals surface area contributed by atoms with Gasteiger partial charge in [-0.3, -0.25) is 25.4 Å². The minimum Gasteiger partial charge on any atom is -0.483 e. The van der Waals surface area contributed by atoms with Crippen molar-refractivity contribution in [2.24, 2.45) is 0 Å². The van der Waals surface area contributed by atoms with E-state index in [0.717, 1.165) is 16.3 Å². The van der Waals surface area contributed by atoms with Gasteiger partial charge in [0.25, 0.3) is 11.8 Å². The van der Waals surface area contributed by atoms with Crippen LogP contribution in [-0.2, 0) is 26.0 Å². The molecule has 1 aromatic heterocycles. The van der Waals surface area contributed by atoms with Crippen LogP contribution in [0.5, 0.6) is 5.75 Å². The number of pyridine rings is 1.